The molecule has 0 aromatic heterocycles. The molecule has 19 heavy (non-hydrogen) atoms. The number of nitrogens with two attached hydrogens (primary N) is 1. The van der Waals surface area contributed by atoms with Gasteiger partial charge >= 0.3 is 6.61 Å². The van der Waals surface area contributed by atoms with Crippen molar-refractivity contribution in [2.45, 2.75) is 13.0 Å². The van der Waals surface area contributed by atoms with Crippen molar-refractivity contribution in [2.24, 2.45) is 11.7 Å². The largest absolute Gasteiger partial charge is 0.434 e. The highest BCUT2D eigenvalue weighted by molar-refractivity contribution is 5.97. The zero-order chi connectivity index (χ0) is 13.8. The van der Waals surface area contributed by atoms with E-state index in [-0.39, 0.29) is 23.1 Å². The van der Waals surface area contributed by atoms with Gasteiger partial charge in [0, 0.05) is 13.1 Å². The first-order chi connectivity index (χ1) is 9.11. The summed E-state index contributed by atoms with van der Waals surface area (Å²) in [5.74, 6) is -0.0852. The van der Waals surface area contributed by atoms with Crippen molar-refractivity contribution in [1.82, 2.24) is 4.90 Å². The maximum atomic E-state index is 12.3. The summed E-state index contributed by atoms with van der Waals surface area (Å²) in [4.78, 5) is 13.9. The van der Waals surface area contributed by atoms with E-state index in [4.69, 9.17) is 5.73 Å². The second-order valence-electron chi connectivity index (χ2n) is 4.52. The fourth-order valence-electron chi connectivity index (χ4n) is 2.22. The molecular weight excluding hydrogens is 254 g/mol. The molecule has 0 saturated carbocycles. The predicted molar refractivity (Wildman–Crippen MR) is 66.1 cm³/mol. The summed E-state index contributed by atoms with van der Waals surface area (Å²) in [6.45, 7) is -1.24. The molecule has 1 aliphatic heterocycles. The Bertz CT molecular complexity index is 454. The lowest BCUT2D eigenvalue weighted by molar-refractivity contribution is -0.0502. The number of carbonyl (C=O) groups is 1. The van der Waals surface area contributed by atoms with Crippen molar-refractivity contribution < 1.29 is 18.3 Å². The highest BCUT2D eigenvalue weighted by Gasteiger charge is 2.28. The Kier molecular flexibility index (Phi) is 4.31. The average Bonchev–Trinajstić information content (AvgIpc) is 2.86. The maximum Gasteiger partial charge on any atom is 0.387 e. The Balaban J connectivity index is 2.15. The third-order valence-electron chi connectivity index (χ3n) is 3.24. The summed E-state index contributed by atoms with van der Waals surface area (Å²) in [5.41, 5.74) is 5.74. The van der Waals surface area contributed by atoms with Crippen molar-refractivity contribution in [3.63, 3.8) is 0 Å². The van der Waals surface area contributed by atoms with Crippen LogP contribution < -0.4 is 10.5 Å². The molecule has 1 aromatic rings. The number of halogens is 2. The zero-order valence-corrected chi connectivity index (χ0v) is 10.4. The number of likely N-dealkylation sites (tertiary alicyclic amines) is 1. The van der Waals surface area contributed by atoms with Gasteiger partial charge < -0.3 is 15.4 Å². The molecule has 104 valence electrons. The molecule has 1 atom stereocenters. The zero-order valence-electron chi connectivity index (χ0n) is 10.4. The number of benzene rings is 1. The van der Waals surface area contributed by atoms with E-state index in [9.17, 15) is 13.6 Å². The molecular formula is C13H16F2N2O2. The van der Waals surface area contributed by atoms with Crippen LogP contribution in [0.5, 0.6) is 5.75 Å². The Morgan fingerprint density at radius 2 is 2.21 bits per heavy atom. The molecule has 2 rings (SSSR count). The van der Waals surface area contributed by atoms with E-state index in [0.717, 1.165) is 6.42 Å². The SMILES string of the molecule is NCC1CCN(C(=O)c2ccccc2OC(F)F)C1. The number of hydrogen-bond donors (Lipinski definition) is 1. The van der Waals surface area contributed by atoms with Crippen LogP contribution in [0, 0.1) is 5.92 Å². The van der Waals surface area contributed by atoms with Crippen LogP contribution in [0.25, 0.3) is 0 Å². The van der Waals surface area contributed by atoms with Crippen LogP contribution in [0.1, 0.15) is 16.8 Å². The number of hydrogen-bond acceptors (Lipinski definition) is 3. The minimum atomic E-state index is -2.94. The number of alkyl halides is 2. The van der Waals surface area contributed by atoms with Crippen LogP contribution in [0.15, 0.2) is 24.3 Å². The van der Waals surface area contributed by atoms with Gasteiger partial charge in [0.25, 0.3) is 5.91 Å². The molecule has 4 nitrogen and oxygen atoms in total. The Morgan fingerprint density at radius 3 is 2.84 bits per heavy atom. The van der Waals surface area contributed by atoms with E-state index in [2.05, 4.69) is 4.74 Å². The third-order valence-corrected chi connectivity index (χ3v) is 3.24. The first-order valence-corrected chi connectivity index (χ1v) is 6.15. The monoisotopic (exact) mass is 270 g/mol. The van der Waals surface area contributed by atoms with Gasteiger partial charge in [-0.15, -0.1) is 0 Å². The van der Waals surface area contributed by atoms with Gasteiger partial charge in [0.15, 0.2) is 0 Å². The summed E-state index contributed by atoms with van der Waals surface area (Å²) < 4.78 is 29.0. The fraction of sp³-hybridized carbons (Fsp3) is 0.462. The van der Waals surface area contributed by atoms with Crippen LogP contribution in [-0.4, -0.2) is 37.1 Å². The smallest absolute Gasteiger partial charge is 0.387 e. The number of para-hydroxylation sites is 1. The molecule has 1 saturated heterocycles. The van der Waals surface area contributed by atoms with Crippen LogP contribution in [0.4, 0.5) is 8.78 Å². The van der Waals surface area contributed by atoms with Crippen molar-refractivity contribution in [2.75, 3.05) is 19.6 Å². The van der Waals surface area contributed by atoms with Crippen molar-refractivity contribution in [1.29, 1.82) is 0 Å². The first-order valence-electron chi connectivity index (χ1n) is 6.15. The summed E-state index contributed by atoms with van der Waals surface area (Å²) in [5, 5.41) is 0. The molecule has 0 spiro atoms. The minimum absolute atomic E-state index is 0.0845. The lowest BCUT2D eigenvalue weighted by atomic mass is 10.1. The molecule has 1 unspecified atom stereocenters. The van der Waals surface area contributed by atoms with Crippen LogP contribution in [0.2, 0.25) is 0 Å². The van der Waals surface area contributed by atoms with Gasteiger partial charge in [-0.2, -0.15) is 8.78 Å². The summed E-state index contributed by atoms with van der Waals surface area (Å²) in [6, 6.07) is 6.05. The molecule has 6 heteroatoms. The van der Waals surface area contributed by atoms with Crippen LogP contribution >= 0.6 is 0 Å². The molecule has 1 aliphatic rings. The second kappa shape index (κ2) is 5.97. The summed E-state index contributed by atoms with van der Waals surface area (Å²) in [7, 11) is 0. The van der Waals surface area contributed by atoms with E-state index in [1.54, 1.807) is 17.0 Å². The lowest BCUT2D eigenvalue weighted by Gasteiger charge is -2.18. The van der Waals surface area contributed by atoms with Gasteiger partial charge in [0.2, 0.25) is 0 Å². The van der Waals surface area contributed by atoms with Crippen molar-refractivity contribution >= 4 is 5.91 Å². The normalized spacial score (nSPS) is 18.9. The van der Waals surface area contributed by atoms with E-state index in [0.29, 0.717) is 19.6 Å². The second-order valence-corrected chi connectivity index (χ2v) is 4.52. The van der Waals surface area contributed by atoms with Crippen LogP contribution in [0.3, 0.4) is 0 Å². The highest BCUT2D eigenvalue weighted by Crippen LogP contribution is 2.24. The van der Waals surface area contributed by atoms with Gasteiger partial charge in [0.05, 0.1) is 5.56 Å². The van der Waals surface area contributed by atoms with E-state index in [1.165, 1.54) is 12.1 Å². The van der Waals surface area contributed by atoms with E-state index in [1.807, 2.05) is 0 Å². The molecule has 0 radical (unpaired) electrons. The Hall–Kier alpha value is -1.69. The fourth-order valence-corrected chi connectivity index (χ4v) is 2.22. The number of nitrogens with zero attached hydrogens (tertiary/aromatic N) is 1. The lowest BCUT2D eigenvalue weighted by Crippen LogP contribution is -2.30. The van der Waals surface area contributed by atoms with E-state index < -0.39 is 6.61 Å². The maximum absolute atomic E-state index is 12.3. The molecule has 1 amide bonds. The van der Waals surface area contributed by atoms with Gasteiger partial charge in [-0.3, -0.25) is 4.79 Å². The Labute approximate surface area is 110 Å². The highest BCUT2D eigenvalue weighted by atomic mass is 19.3. The molecule has 2 N–H and O–H groups in total. The minimum Gasteiger partial charge on any atom is -0.434 e. The quantitative estimate of drug-likeness (QED) is 0.906. The van der Waals surface area contributed by atoms with Crippen LogP contribution in [-0.2, 0) is 0 Å². The van der Waals surface area contributed by atoms with Gasteiger partial charge in [-0.1, -0.05) is 12.1 Å². The number of amides is 1. The number of ether oxygens (including phenoxy) is 1. The summed E-state index contributed by atoms with van der Waals surface area (Å²) >= 11 is 0. The number of rotatable bonds is 4. The molecule has 1 heterocycles. The topological polar surface area (TPSA) is 55.6 Å². The molecule has 1 aromatic carbocycles. The van der Waals surface area contributed by atoms with Crippen molar-refractivity contribution in [3.8, 4) is 5.75 Å². The van der Waals surface area contributed by atoms with Gasteiger partial charge in [0.1, 0.15) is 5.75 Å². The number of carbonyl (C=O) groups excluding carboxylic acids is 1. The third kappa shape index (κ3) is 3.20. The predicted octanol–water partition coefficient (Wildman–Crippen LogP) is 1.71. The van der Waals surface area contributed by atoms with Crippen molar-refractivity contribution in [3.05, 3.63) is 29.8 Å². The molecule has 1 fully saturated rings. The first kappa shape index (κ1) is 13.7. The van der Waals surface area contributed by atoms with Gasteiger partial charge in [-0.05, 0) is 31.0 Å². The Morgan fingerprint density at radius 1 is 1.47 bits per heavy atom. The van der Waals surface area contributed by atoms with Gasteiger partial charge in [-0.25, -0.2) is 0 Å². The molecule has 0 bridgehead atoms. The molecule has 0 aliphatic carbocycles. The summed E-state index contributed by atoms with van der Waals surface area (Å²) in [6.07, 6.45) is 0.847. The average molecular weight is 270 g/mol. The van der Waals surface area contributed by atoms with E-state index >= 15 is 0 Å². The standard InChI is InChI=1S/C13H16F2N2O2/c14-13(15)19-11-4-2-1-3-10(11)12(18)17-6-5-9(7-16)8-17/h1-4,9,13H,5-8,16H2.